The van der Waals surface area contributed by atoms with Gasteiger partial charge in [0, 0.05) is 36.7 Å². The number of rotatable bonds is 5. The van der Waals surface area contributed by atoms with Crippen molar-refractivity contribution in [3.8, 4) is 0 Å². The Morgan fingerprint density at radius 1 is 1.18 bits per heavy atom. The van der Waals surface area contributed by atoms with Gasteiger partial charge in [0.1, 0.15) is 0 Å². The maximum atomic E-state index is 3.78. The van der Waals surface area contributed by atoms with Gasteiger partial charge in [0.15, 0.2) is 0 Å². The third kappa shape index (κ3) is 4.54. The van der Waals surface area contributed by atoms with Crippen LogP contribution in [-0.2, 0) is 12.8 Å². The van der Waals surface area contributed by atoms with Gasteiger partial charge in [-0.3, -0.25) is 0 Å². The second-order valence-corrected chi connectivity index (χ2v) is 7.72. The Balaban J connectivity index is 1.35. The topological polar surface area (TPSA) is 18.5 Å². The van der Waals surface area contributed by atoms with Crippen molar-refractivity contribution in [1.29, 1.82) is 0 Å². The number of aryl methyl sites for hydroxylation is 1. The zero-order valence-corrected chi connectivity index (χ0v) is 15.2. The fraction of sp³-hybridized carbons (Fsp3) is 0.667. The fourth-order valence-corrected chi connectivity index (χ4v) is 3.99. The largest absolute Gasteiger partial charge is 0.314 e. The van der Waals surface area contributed by atoms with Crippen molar-refractivity contribution < 1.29 is 0 Å². The summed E-state index contributed by atoms with van der Waals surface area (Å²) in [4.78, 5) is 5.03. The molecule has 3 rings (SSSR count). The lowest BCUT2D eigenvalue weighted by Gasteiger charge is -2.32. The molecule has 0 amide bonds. The SMILES string of the molecule is CN1CCN(CCCNC2CCc3cc(Br)ccc3C2)CC1. The molecule has 1 fully saturated rings. The van der Waals surface area contributed by atoms with E-state index in [0.717, 1.165) is 6.54 Å². The Morgan fingerprint density at radius 3 is 2.82 bits per heavy atom. The molecule has 0 aromatic heterocycles. The highest BCUT2D eigenvalue weighted by Gasteiger charge is 2.18. The van der Waals surface area contributed by atoms with E-state index in [0.29, 0.717) is 6.04 Å². The lowest BCUT2D eigenvalue weighted by Crippen LogP contribution is -2.45. The van der Waals surface area contributed by atoms with Crippen LogP contribution < -0.4 is 5.32 Å². The lowest BCUT2D eigenvalue weighted by atomic mass is 9.88. The molecule has 1 N–H and O–H groups in total. The minimum atomic E-state index is 0.668. The molecule has 2 aliphatic rings. The first kappa shape index (κ1) is 16.4. The Kier molecular flexibility index (Phi) is 5.91. The number of hydrogen-bond acceptors (Lipinski definition) is 3. The third-order valence-electron chi connectivity index (χ3n) is 5.08. The summed E-state index contributed by atoms with van der Waals surface area (Å²) in [5.74, 6) is 0. The molecule has 22 heavy (non-hydrogen) atoms. The van der Waals surface area contributed by atoms with Crippen LogP contribution >= 0.6 is 15.9 Å². The van der Waals surface area contributed by atoms with E-state index >= 15 is 0 Å². The molecule has 1 unspecified atom stereocenters. The molecule has 0 spiro atoms. The van der Waals surface area contributed by atoms with Gasteiger partial charge in [-0.2, -0.15) is 0 Å². The van der Waals surface area contributed by atoms with Gasteiger partial charge in [0.2, 0.25) is 0 Å². The van der Waals surface area contributed by atoms with Crippen molar-refractivity contribution >= 4 is 15.9 Å². The molecule has 3 nitrogen and oxygen atoms in total. The molecule has 1 aliphatic carbocycles. The van der Waals surface area contributed by atoms with Crippen molar-refractivity contribution in [2.45, 2.75) is 31.7 Å². The van der Waals surface area contributed by atoms with Gasteiger partial charge in [-0.1, -0.05) is 22.0 Å². The Hall–Kier alpha value is -0.420. The number of nitrogens with one attached hydrogen (secondary N) is 1. The zero-order valence-electron chi connectivity index (χ0n) is 13.7. The van der Waals surface area contributed by atoms with E-state index in [-0.39, 0.29) is 0 Å². The second kappa shape index (κ2) is 7.91. The van der Waals surface area contributed by atoms with Crippen LogP contribution in [0.3, 0.4) is 0 Å². The van der Waals surface area contributed by atoms with Crippen molar-refractivity contribution in [1.82, 2.24) is 15.1 Å². The van der Waals surface area contributed by atoms with Crippen LogP contribution in [-0.4, -0.2) is 62.2 Å². The summed E-state index contributed by atoms with van der Waals surface area (Å²) in [6.45, 7) is 7.33. The number of hydrogen-bond donors (Lipinski definition) is 1. The van der Waals surface area contributed by atoms with E-state index in [1.165, 1.54) is 74.0 Å². The summed E-state index contributed by atoms with van der Waals surface area (Å²) in [6.07, 6.45) is 4.95. The van der Waals surface area contributed by atoms with Gasteiger partial charge in [0.05, 0.1) is 0 Å². The minimum absolute atomic E-state index is 0.668. The predicted molar refractivity (Wildman–Crippen MR) is 96.5 cm³/mol. The lowest BCUT2D eigenvalue weighted by molar-refractivity contribution is 0.152. The van der Waals surface area contributed by atoms with Crippen molar-refractivity contribution in [3.63, 3.8) is 0 Å². The highest BCUT2D eigenvalue weighted by Crippen LogP contribution is 2.24. The van der Waals surface area contributed by atoms with Gasteiger partial charge < -0.3 is 15.1 Å². The van der Waals surface area contributed by atoms with E-state index < -0.39 is 0 Å². The zero-order chi connectivity index (χ0) is 15.4. The van der Waals surface area contributed by atoms with Crippen LogP contribution in [0.1, 0.15) is 24.0 Å². The van der Waals surface area contributed by atoms with Gasteiger partial charge >= 0.3 is 0 Å². The van der Waals surface area contributed by atoms with Gasteiger partial charge in [-0.15, -0.1) is 0 Å². The van der Waals surface area contributed by atoms with E-state index in [9.17, 15) is 0 Å². The predicted octanol–water partition coefficient (Wildman–Crippen LogP) is 2.53. The number of fused-ring (bicyclic) bond motifs is 1. The van der Waals surface area contributed by atoms with Crippen LogP contribution in [0, 0.1) is 0 Å². The molecule has 1 aliphatic heterocycles. The molecular formula is C18H28BrN3. The van der Waals surface area contributed by atoms with Crippen LogP contribution in [0.2, 0.25) is 0 Å². The quantitative estimate of drug-likeness (QED) is 0.808. The highest BCUT2D eigenvalue weighted by molar-refractivity contribution is 9.10. The average molecular weight is 366 g/mol. The molecular weight excluding hydrogens is 338 g/mol. The van der Waals surface area contributed by atoms with Crippen LogP contribution in [0.4, 0.5) is 0 Å². The molecule has 4 heteroatoms. The summed E-state index contributed by atoms with van der Waals surface area (Å²) >= 11 is 3.57. The first-order chi connectivity index (χ1) is 10.7. The van der Waals surface area contributed by atoms with Crippen molar-refractivity contribution in [3.05, 3.63) is 33.8 Å². The molecule has 1 aromatic rings. The Labute approximate surface area is 143 Å². The summed E-state index contributed by atoms with van der Waals surface area (Å²) in [5, 5.41) is 3.78. The summed E-state index contributed by atoms with van der Waals surface area (Å²) < 4.78 is 1.21. The number of piperazine rings is 1. The first-order valence-electron chi connectivity index (χ1n) is 8.62. The number of halogens is 1. The summed E-state index contributed by atoms with van der Waals surface area (Å²) in [7, 11) is 2.22. The number of benzene rings is 1. The normalized spacial score (nSPS) is 23.5. The van der Waals surface area contributed by atoms with Crippen molar-refractivity contribution in [2.75, 3.05) is 46.3 Å². The van der Waals surface area contributed by atoms with Gasteiger partial charge in [-0.05, 0) is 69.1 Å². The van der Waals surface area contributed by atoms with E-state index in [2.05, 4.69) is 56.3 Å². The maximum absolute atomic E-state index is 3.78. The number of nitrogens with zero attached hydrogens (tertiary/aromatic N) is 2. The van der Waals surface area contributed by atoms with Gasteiger partial charge in [-0.25, -0.2) is 0 Å². The molecule has 0 saturated carbocycles. The molecule has 0 radical (unpaired) electrons. The van der Waals surface area contributed by atoms with Crippen LogP contribution in [0.5, 0.6) is 0 Å². The standard InChI is InChI=1S/C18H28BrN3/c1-21-9-11-22(12-10-21)8-2-7-20-18-6-4-15-13-17(19)5-3-16(15)14-18/h3,5,13,18,20H,2,4,6-12,14H2,1H3. The first-order valence-corrected chi connectivity index (χ1v) is 9.41. The average Bonchev–Trinajstić information content (AvgIpc) is 2.53. The monoisotopic (exact) mass is 365 g/mol. The number of likely N-dealkylation sites (N-methyl/N-ethyl adjacent to an activating group) is 1. The maximum Gasteiger partial charge on any atom is 0.0178 e. The molecule has 0 bridgehead atoms. The third-order valence-corrected chi connectivity index (χ3v) is 5.57. The van der Waals surface area contributed by atoms with Gasteiger partial charge in [0.25, 0.3) is 0 Å². The highest BCUT2D eigenvalue weighted by atomic mass is 79.9. The van der Waals surface area contributed by atoms with Crippen LogP contribution in [0.15, 0.2) is 22.7 Å². The smallest absolute Gasteiger partial charge is 0.0178 e. The second-order valence-electron chi connectivity index (χ2n) is 6.81. The van der Waals surface area contributed by atoms with Crippen molar-refractivity contribution in [2.24, 2.45) is 0 Å². The van der Waals surface area contributed by atoms with E-state index in [1.807, 2.05) is 0 Å². The Bertz CT molecular complexity index is 483. The molecule has 1 aromatic carbocycles. The molecule has 1 heterocycles. The fourth-order valence-electron chi connectivity index (χ4n) is 3.58. The Morgan fingerprint density at radius 2 is 2.00 bits per heavy atom. The summed E-state index contributed by atoms with van der Waals surface area (Å²) in [6, 6.07) is 7.42. The molecule has 1 atom stereocenters. The molecule has 122 valence electrons. The van der Waals surface area contributed by atoms with Crippen LogP contribution in [0.25, 0.3) is 0 Å². The minimum Gasteiger partial charge on any atom is -0.314 e. The van der Waals surface area contributed by atoms with E-state index in [1.54, 1.807) is 0 Å². The molecule has 1 saturated heterocycles. The summed E-state index contributed by atoms with van der Waals surface area (Å²) in [5.41, 5.74) is 3.07. The van der Waals surface area contributed by atoms with E-state index in [4.69, 9.17) is 0 Å².